The molecule has 0 heterocycles. The zero-order valence-corrected chi connectivity index (χ0v) is 15.0. The maximum atomic E-state index is 13.1. The van der Waals surface area contributed by atoms with Gasteiger partial charge >= 0.3 is 0 Å². The third-order valence-electron chi connectivity index (χ3n) is 3.39. The van der Waals surface area contributed by atoms with Crippen LogP contribution in [-0.2, 0) is 0 Å². The first kappa shape index (κ1) is 18.9. The van der Waals surface area contributed by atoms with Crippen molar-refractivity contribution in [2.75, 3.05) is 11.9 Å². The fraction of sp³-hybridized carbons (Fsp3) is 0.263. The summed E-state index contributed by atoms with van der Waals surface area (Å²) in [7, 11) is 0. The van der Waals surface area contributed by atoms with E-state index in [4.69, 9.17) is 17.0 Å². The van der Waals surface area contributed by atoms with Gasteiger partial charge < -0.3 is 10.1 Å². The lowest BCUT2D eigenvalue weighted by Gasteiger charge is -2.11. The largest absolute Gasteiger partial charge is 0.494 e. The van der Waals surface area contributed by atoms with Crippen LogP contribution in [-0.4, -0.2) is 17.6 Å². The lowest BCUT2D eigenvalue weighted by atomic mass is 10.1. The maximum absolute atomic E-state index is 13.1. The first-order chi connectivity index (χ1) is 11.9. The molecule has 0 aliphatic carbocycles. The number of hydrogen-bond donors (Lipinski definition) is 2. The zero-order chi connectivity index (χ0) is 18.2. The molecule has 0 saturated carbocycles. The summed E-state index contributed by atoms with van der Waals surface area (Å²) in [4.78, 5) is 12.2. The SMILES string of the molecule is CC(C)CCOc1ccc(C(=O)NC(=S)Nc2cccc(F)c2)cc1. The molecule has 4 nitrogen and oxygen atoms in total. The van der Waals surface area contributed by atoms with Crippen LogP contribution in [0.5, 0.6) is 5.75 Å². The Labute approximate surface area is 152 Å². The van der Waals surface area contributed by atoms with Crippen molar-refractivity contribution in [1.82, 2.24) is 5.32 Å². The Morgan fingerprint density at radius 1 is 1.20 bits per heavy atom. The minimum atomic E-state index is -0.382. The van der Waals surface area contributed by atoms with Crippen molar-refractivity contribution < 1.29 is 13.9 Å². The normalized spacial score (nSPS) is 10.4. The molecule has 0 aliphatic rings. The summed E-state index contributed by atoms with van der Waals surface area (Å²) in [5.41, 5.74) is 0.929. The number of rotatable bonds is 6. The van der Waals surface area contributed by atoms with Gasteiger partial charge in [0.15, 0.2) is 5.11 Å². The average Bonchev–Trinajstić information content (AvgIpc) is 2.55. The Balaban J connectivity index is 1.86. The van der Waals surface area contributed by atoms with Crippen molar-refractivity contribution in [3.63, 3.8) is 0 Å². The fourth-order valence-electron chi connectivity index (χ4n) is 2.02. The van der Waals surface area contributed by atoms with Gasteiger partial charge in [-0.15, -0.1) is 0 Å². The molecule has 0 bridgehead atoms. The first-order valence-corrected chi connectivity index (χ1v) is 8.45. The van der Waals surface area contributed by atoms with Crippen molar-refractivity contribution in [3.05, 3.63) is 59.9 Å². The van der Waals surface area contributed by atoms with Crippen LogP contribution < -0.4 is 15.4 Å². The van der Waals surface area contributed by atoms with Crippen molar-refractivity contribution in [2.24, 2.45) is 5.92 Å². The number of anilines is 1. The van der Waals surface area contributed by atoms with Crippen LogP contribution in [0.3, 0.4) is 0 Å². The van der Waals surface area contributed by atoms with Gasteiger partial charge in [0.1, 0.15) is 11.6 Å². The molecular formula is C19H21FN2O2S. The van der Waals surface area contributed by atoms with Crippen molar-refractivity contribution in [3.8, 4) is 5.75 Å². The summed E-state index contributed by atoms with van der Waals surface area (Å²) in [5, 5.41) is 5.43. The third kappa shape index (κ3) is 6.51. The number of hydrogen-bond acceptors (Lipinski definition) is 3. The molecule has 0 saturated heterocycles. The Morgan fingerprint density at radius 3 is 2.56 bits per heavy atom. The van der Waals surface area contributed by atoms with Gasteiger partial charge in [-0.1, -0.05) is 19.9 Å². The summed E-state index contributed by atoms with van der Waals surface area (Å²) >= 11 is 5.07. The van der Waals surface area contributed by atoms with E-state index in [9.17, 15) is 9.18 Å². The van der Waals surface area contributed by atoms with E-state index < -0.39 is 0 Å². The second kappa shape index (κ2) is 9.13. The predicted octanol–water partition coefficient (Wildman–Crippen LogP) is 4.38. The minimum absolute atomic E-state index is 0.104. The predicted molar refractivity (Wildman–Crippen MR) is 101 cm³/mol. The van der Waals surface area contributed by atoms with Crippen molar-refractivity contribution in [2.45, 2.75) is 20.3 Å². The number of halogens is 1. The highest BCUT2D eigenvalue weighted by atomic mass is 32.1. The van der Waals surface area contributed by atoms with Crippen molar-refractivity contribution >= 4 is 28.9 Å². The van der Waals surface area contributed by atoms with E-state index in [-0.39, 0.29) is 16.8 Å². The number of nitrogens with one attached hydrogen (secondary N) is 2. The minimum Gasteiger partial charge on any atom is -0.494 e. The van der Waals surface area contributed by atoms with Crippen LogP contribution in [0.4, 0.5) is 10.1 Å². The van der Waals surface area contributed by atoms with Crippen LogP contribution in [0.25, 0.3) is 0 Å². The summed E-state index contributed by atoms with van der Waals surface area (Å²) in [6.07, 6.45) is 0.974. The molecule has 0 spiro atoms. The lowest BCUT2D eigenvalue weighted by molar-refractivity contribution is 0.0977. The maximum Gasteiger partial charge on any atom is 0.257 e. The van der Waals surface area contributed by atoms with E-state index in [1.807, 2.05) is 0 Å². The topological polar surface area (TPSA) is 50.4 Å². The molecule has 132 valence electrons. The molecule has 2 N–H and O–H groups in total. The number of carbonyl (C=O) groups is 1. The highest BCUT2D eigenvalue weighted by Crippen LogP contribution is 2.14. The highest BCUT2D eigenvalue weighted by Gasteiger charge is 2.08. The van der Waals surface area contributed by atoms with Gasteiger partial charge in [0.25, 0.3) is 5.91 Å². The van der Waals surface area contributed by atoms with Gasteiger partial charge in [0.2, 0.25) is 0 Å². The van der Waals surface area contributed by atoms with Gasteiger partial charge in [-0.2, -0.15) is 0 Å². The number of thiocarbonyl (C=S) groups is 1. The number of ether oxygens (including phenoxy) is 1. The zero-order valence-electron chi connectivity index (χ0n) is 14.2. The van der Waals surface area contributed by atoms with Crippen LogP contribution in [0.1, 0.15) is 30.6 Å². The molecular weight excluding hydrogens is 339 g/mol. The quantitative estimate of drug-likeness (QED) is 0.751. The Bertz CT molecular complexity index is 732. The van der Waals surface area contributed by atoms with E-state index in [1.165, 1.54) is 12.1 Å². The standard InChI is InChI=1S/C19H21FN2O2S/c1-13(2)10-11-24-17-8-6-14(7-9-17)18(23)22-19(25)21-16-5-3-4-15(20)12-16/h3-9,12-13H,10-11H2,1-2H3,(H2,21,22,23,25). The number of amides is 1. The molecule has 1 amide bonds. The highest BCUT2D eigenvalue weighted by molar-refractivity contribution is 7.80. The van der Waals surface area contributed by atoms with Crippen LogP contribution in [0, 0.1) is 11.7 Å². The molecule has 0 radical (unpaired) electrons. The molecule has 2 aromatic rings. The Kier molecular flexibility index (Phi) is 6.89. The van der Waals surface area contributed by atoms with Crippen LogP contribution in [0.2, 0.25) is 0 Å². The third-order valence-corrected chi connectivity index (χ3v) is 3.59. The van der Waals surface area contributed by atoms with Gasteiger partial charge in [-0.3, -0.25) is 10.1 Å². The van der Waals surface area contributed by atoms with E-state index in [1.54, 1.807) is 36.4 Å². The van der Waals surface area contributed by atoms with Crippen LogP contribution in [0.15, 0.2) is 48.5 Å². The molecule has 6 heteroatoms. The number of carbonyl (C=O) groups excluding carboxylic acids is 1. The monoisotopic (exact) mass is 360 g/mol. The summed E-state index contributed by atoms with van der Waals surface area (Å²) in [6, 6.07) is 12.7. The summed E-state index contributed by atoms with van der Waals surface area (Å²) in [6.45, 7) is 4.92. The molecule has 2 rings (SSSR count). The smallest absolute Gasteiger partial charge is 0.257 e. The van der Waals surface area contributed by atoms with Gasteiger partial charge in [0.05, 0.1) is 6.61 Å². The van der Waals surface area contributed by atoms with E-state index >= 15 is 0 Å². The van der Waals surface area contributed by atoms with Gasteiger partial charge in [-0.05, 0) is 67.0 Å². The Morgan fingerprint density at radius 2 is 1.92 bits per heavy atom. The molecule has 2 aromatic carbocycles. The molecule has 0 fully saturated rings. The van der Waals surface area contributed by atoms with Crippen molar-refractivity contribution in [1.29, 1.82) is 0 Å². The lowest BCUT2D eigenvalue weighted by Crippen LogP contribution is -2.34. The fourth-order valence-corrected chi connectivity index (χ4v) is 2.23. The summed E-state index contributed by atoms with van der Waals surface area (Å²) in [5.74, 6) is 0.573. The molecule has 0 aromatic heterocycles. The molecule has 0 unspecified atom stereocenters. The van der Waals surface area contributed by atoms with E-state index in [2.05, 4.69) is 24.5 Å². The number of benzene rings is 2. The molecule has 0 aliphatic heterocycles. The van der Waals surface area contributed by atoms with E-state index in [0.717, 1.165) is 12.2 Å². The molecule has 25 heavy (non-hydrogen) atoms. The Hall–Kier alpha value is -2.47. The average molecular weight is 360 g/mol. The second-order valence-corrected chi connectivity index (χ2v) is 6.38. The van der Waals surface area contributed by atoms with Gasteiger partial charge in [0, 0.05) is 11.3 Å². The first-order valence-electron chi connectivity index (χ1n) is 8.05. The van der Waals surface area contributed by atoms with Gasteiger partial charge in [-0.25, -0.2) is 4.39 Å². The van der Waals surface area contributed by atoms with E-state index in [0.29, 0.717) is 23.8 Å². The summed E-state index contributed by atoms with van der Waals surface area (Å²) < 4.78 is 18.8. The molecule has 0 atom stereocenters. The second-order valence-electron chi connectivity index (χ2n) is 5.97. The van der Waals surface area contributed by atoms with Crippen LogP contribution >= 0.6 is 12.2 Å².